The maximum Gasteiger partial charge on any atom is 0.138 e. The number of hydrogen-bond donors (Lipinski definition) is 0. The molecule has 0 fully saturated rings. The first-order chi connectivity index (χ1) is 10.4. The van der Waals surface area contributed by atoms with Crippen molar-refractivity contribution in [3.8, 4) is 0 Å². The third-order valence-corrected chi connectivity index (χ3v) is 5.82. The van der Waals surface area contributed by atoms with Crippen molar-refractivity contribution >= 4 is 33.4 Å². The van der Waals surface area contributed by atoms with Gasteiger partial charge in [0.25, 0.3) is 0 Å². The van der Waals surface area contributed by atoms with Crippen molar-refractivity contribution in [1.29, 1.82) is 0 Å². The van der Waals surface area contributed by atoms with Crippen LogP contribution in [0.4, 0.5) is 0 Å². The van der Waals surface area contributed by atoms with Gasteiger partial charge in [-0.15, -0.1) is 0 Å². The number of benzene rings is 2. The summed E-state index contributed by atoms with van der Waals surface area (Å²) in [7, 11) is -1.29. The van der Waals surface area contributed by atoms with E-state index in [1.54, 1.807) is 24.3 Å². The van der Waals surface area contributed by atoms with Gasteiger partial charge in [0.15, 0.2) is 0 Å². The quantitative estimate of drug-likeness (QED) is 0.621. The Bertz CT molecular complexity index is 892. The van der Waals surface area contributed by atoms with E-state index in [2.05, 4.69) is 13.0 Å². The molecule has 3 aromatic rings. The molecule has 1 aromatic heterocycles. The first-order valence-electron chi connectivity index (χ1n) is 7.07. The van der Waals surface area contributed by atoms with Gasteiger partial charge in [-0.05, 0) is 68.7 Å². The summed E-state index contributed by atoms with van der Waals surface area (Å²) in [6, 6.07) is 9.23. The number of furan rings is 1. The lowest BCUT2D eigenvalue weighted by Crippen LogP contribution is -1.95. The Morgan fingerprint density at radius 1 is 1.00 bits per heavy atom. The molecule has 0 spiro atoms. The molecule has 22 heavy (non-hydrogen) atoms. The molecule has 1 heterocycles. The minimum Gasteiger partial charge on any atom is -0.460 e. The van der Waals surface area contributed by atoms with Crippen molar-refractivity contribution in [3.63, 3.8) is 0 Å². The number of rotatable bonds is 2. The summed E-state index contributed by atoms with van der Waals surface area (Å²) in [5, 5.41) is 1.60. The van der Waals surface area contributed by atoms with Crippen LogP contribution in [0.25, 0.3) is 11.0 Å². The Balaban J connectivity index is 2.27. The Labute approximate surface area is 137 Å². The minimum atomic E-state index is -1.29. The fourth-order valence-electron chi connectivity index (χ4n) is 2.74. The van der Waals surface area contributed by atoms with E-state index < -0.39 is 10.8 Å². The first-order valence-corrected chi connectivity index (χ1v) is 8.60. The van der Waals surface area contributed by atoms with Crippen LogP contribution >= 0.6 is 11.6 Å². The van der Waals surface area contributed by atoms with Gasteiger partial charge in [0.05, 0.1) is 15.7 Å². The van der Waals surface area contributed by atoms with Gasteiger partial charge in [-0.1, -0.05) is 17.7 Å². The van der Waals surface area contributed by atoms with E-state index in [1.807, 2.05) is 20.8 Å². The Morgan fingerprint density at radius 3 is 2.27 bits per heavy atom. The van der Waals surface area contributed by atoms with Crippen LogP contribution in [-0.2, 0) is 10.8 Å². The molecule has 0 aliphatic carbocycles. The third-order valence-electron chi connectivity index (χ3n) is 4.00. The maximum absolute atomic E-state index is 13.0. The molecule has 0 radical (unpaired) electrons. The number of hydrogen-bond acceptors (Lipinski definition) is 2. The summed E-state index contributed by atoms with van der Waals surface area (Å²) in [4.78, 5) is 1.49. The second-order valence-corrected chi connectivity index (χ2v) is 7.40. The molecule has 2 aromatic carbocycles. The van der Waals surface area contributed by atoms with Gasteiger partial charge in [-0.25, -0.2) is 4.21 Å². The zero-order valence-corrected chi connectivity index (χ0v) is 14.6. The third kappa shape index (κ3) is 2.38. The molecule has 0 saturated heterocycles. The molecule has 0 aliphatic rings. The molecule has 114 valence electrons. The largest absolute Gasteiger partial charge is 0.460 e. The van der Waals surface area contributed by atoms with Crippen molar-refractivity contribution in [2.24, 2.45) is 0 Å². The first kappa shape index (κ1) is 15.3. The van der Waals surface area contributed by atoms with Crippen molar-refractivity contribution in [2.45, 2.75) is 37.5 Å². The van der Waals surface area contributed by atoms with Crippen LogP contribution < -0.4 is 0 Å². The van der Waals surface area contributed by atoms with E-state index in [9.17, 15) is 4.21 Å². The molecule has 3 rings (SSSR count). The summed E-state index contributed by atoms with van der Waals surface area (Å²) in [6.45, 7) is 8.01. The Morgan fingerprint density at radius 2 is 1.64 bits per heavy atom. The van der Waals surface area contributed by atoms with Gasteiger partial charge in [0, 0.05) is 15.3 Å². The van der Waals surface area contributed by atoms with Gasteiger partial charge in [-0.2, -0.15) is 0 Å². The highest BCUT2D eigenvalue weighted by molar-refractivity contribution is 7.85. The van der Waals surface area contributed by atoms with E-state index in [1.165, 1.54) is 5.56 Å². The second-order valence-electron chi connectivity index (χ2n) is 5.55. The highest BCUT2D eigenvalue weighted by Gasteiger charge is 2.22. The molecule has 1 atom stereocenters. The van der Waals surface area contributed by atoms with Crippen LogP contribution in [0.1, 0.15) is 22.5 Å². The summed E-state index contributed by atoms with van der Waals surface area (Å²) < 4.78 is 18.9. The predicted octanol–water partition coefficient (Wildman–Crippen LogP) is 5.49. The Kier molecular flexibility index (Phi) is 3.87. The van der Waals surface area contributed by atoms with E-state index in [-0.39, 0.29) is 0 Å². The SMILES string of the molecule is Cc1cc(C)c2c(S(=O)c3ccc(Cl)cc3)c(C)oc2c1C. The van der Waals surface area contributed by atoms with Crippen molar-refractivity contribution in [1.82, 2.24) is 0 Å². The maximum atomic E-state index is 13.0. The Hall–Kier alpha value is -1.58. The van der Waals surface area contributed by atoms with Crippen LogP contribution in [0.3, 0.4) is 0 Å². The molecule has 2 nitrogen and oxygen atoms in total. The molecule has 0 bridgehead atoms. The average Bonchev–Trinajstić information content (AvgIpc) is 2.83. The second kappa shape index (κ2) is 5.56. The number of fused-ring (bicyclic) bond motifs is 1. The number of halogens is 1. The molecule has 0 saturated carbocycles. The molecule has 1 unspecified atom stereocenters. The number of aryl methyl sites for hydroxylation is 4. The zero-order chi connectivity index (χ0) is 16.0. The van der Waals surface area contributed by atoms with E-state index in [4.69, 9.17) is 16.0 Å². The average molecular weight is 333 g/mol. The standard InChI is InChI=1S/C18H17ClO2S/c1-10-9-11(2)16-17(12(10)3)21-13(4)18(16)22(20)15-7-5-14(19)6-8-15/h5-9H,1-4H3. The summed E-state index contributed by atoms with van der Waals surface area (Å²) in [6.07, 6.45) is 0. The summed E-state index contributed by atoms with van der Waals surface area (Å²) in [5.74, 6) is 0.708. The van der Waals surface area contributed by atoms with Gasteiger partial charge in [-0.3, -0.25) is 0 Å². The highest BCUT2D eigenvalue weighted by atomic mass is 35.5. The molecule has 0 N–H and O–H groups in total. The van der Waals surface area contributed by atoms with Crippen LogP contribution in [0, 0.1) is 27.7 Å². The summed E-state index contributed by atoms with van der Waals surface area (Å²) in [5.41, 5.74) is 4.21. The highest BCUT2D eigenvalue weighted by Crippen LogP contribution is 2.36. The normalized spacial score (nSPS) is 12.8. The van der Waals surface area contributed by atoms with Gasteiger partial charge < -0.3 is 4.42 Å². The van der Waals surface area contributed by atoms with Gasteiger partial charge >= 0.3 is 0 Å². The molecular formula is C18H17ClO2S. The van der Waals surface area contributed by atoms with Gasteiger partial charge in [0.1, 0.15) is 11.3 Å². The topological polar surface area (TPSA) is 30.2 Å². The smallest absolute Gasteiger partial charge is 0.138 e. The van der Waals surface area contributed by atoms with Crippen LogP contribution in [0.15, 0.2) is 44.5 Å². The lowest BCUT2D eigenvalue weighted by Gasteiger charge is -2.06. The lowest BCUT2D eigenvalue weighted by atomic mass is 10.0. The lowest BCUT2D eigenvalue weighted by molar-refractivity contribution is 0.564. The van der Waals surface area contributed by atoms with Crippen molar-refractivity contribution in [3.05, 3.63) is 57.8 Å². The monoisotopic (exact) mass is 332 g/mol. The van der Waals surface area contributed by atoms with Gasteiger partial charge in [0.2, 0.25) is 0 Å². The van der Waals surface area contributed by atoms with Crippen LogP contribution in [-0.4, -0.2) is 4.21 Å². The summed E-state index contributed by atoms with van der Waals surface area (Å²) >= 11 is 5.91. The fourth-order valence-corrected chi connectivity index (χ4v) is 4.22. The minimum absolute atomic E-state index is 0.636. The molecule has 4 heteroatoms. The van der Waals surface area contributed by atoms with Crippen LogP contribution in [0.2, 0.25) is 5.02 Å². The molecule has 0 amide bonds. The van der Waals surface area contributed by atoms with E-state index in [0.717, 1.165) is 31.9 Å². The fraction of sp³-hybridized carbons (Fsp3) is 0.222. The van der Waals surface area contributed by atoms with Crippen molar-refractivity contribution in [2.75, 3.05) is 0 Å². The van der Waals surface area contributed by atoms with Crippen molar-refractivity contribution < 1.29 is 8.63 Å². The molecule has 0 aliphatic heterocycles. The molecular weight excluding hydrogens is 316 g/mol. The van der Waals surface area contributed by atoms with Crippen LogP contribution in [0.5, 0.6) is 0 Å². The predicted molar refractivity (Wildman–Crippen MR) is 91.3 cm³/mol. The van der Waals surface area contributed by atoms with E-state index >= 15 is 0 Å². The van der Waals surface area contributed by atoms with E-state index in [0.29, 0.717) is 10.8 Å². The zero-order valence-electron chi connectivity index (χ0n) is 13.0.